The molecule has 0 aliphatic rings. The molecular formula is C20H14BrClF2N2O. The van der Waals surface area contributed by atoms with E-state index in [4.69, 9.17) is 11.6 Å². The first-order chi connectivity index (χ1) is 12.9. The van der Waals surface area contributed by atoms with Crippen molar-refractivity contribution in [2.24, 2.45) is 5.16 Å². The van der Waals surface area contributed by atoms with Crippen LogP contribution in [0, 0.1) is 18.6 Å². The zero-order chi connectivity index (χ0) is 19.6. The van der Waals surface area contributed by atoms with E-state index in [9.17, 15) is 14.0 Å². The lowest BCUT2D eigenvalue weighted by atomic mass is 9.98. The number of benzene rings is 3. The fraction of sp³-hybridized carbons (Fsp3) is 0.0500. The van der Waals surface area contributed by atoms with Gasteiger partial charge in [0.25, 0.3) is 0 Å². The molecule has 27 heavy (non-hydrogen) atoms. The summed E-state index contributed by atoms with van der Waals surface area (Å²) in [6.07, 6.45) is 0. The molecule has 138 valence electrons. The van der Waals surface area contributed by atoms with E-state index in [0.29, 0.717) is 22.0 Å². The van der Waals surface area contributed by atoms with E-state index >= 15 is 0 Å². The fourth-order valence-electron chi connectivity index (χ4n) is 2.65. The predicted octanol–water partition coefficient (Wildman–Crippen LogP) is 6.66. The van der Waals surface area contributed by atoms with Crippen molar-refractivity contribution in [3.05, 3.63) is 92.4 Å². The summed E-state index contributed by atoms with van der Waals surface area (Å²) in [5, 5.41) is 16.0. The number of aryl methyl sites for hydroxylation is 1. The number of hydrogen-bond donors (Lipinski definition) is 2. The Labute approximate surface area is 168 Å². The van der Waals surface area contributed by atoms with Gasteiger partial charge in [0.15, 0.2) is 0 Å². The summed E-state index contributed by atoms with van der Waals surface area (Å²) < 4.78 is 27.7. The Morgan fingerprint density at radius 1 is 1.04 bits per heavy atom. The van der Waals surface area contributed by atoms with Gasteiger partial charge in [-0.05, 0) is 52.7 Å². The van der Waals surface area contributed by atoms with Crippen LogP contribution < -0.4 is 5.32 Å². The number of nitrogens with one attached hydrogen (secondary N) is 1. The number of nitrogens with zero attached hydrogens (tertiary/aromatic N) is 1. The Morgan fingerprint density at radius 2 is 1.78 bits per heavy atom. The number of oxime groups is 1. The Balaban J connectivity index is 1.95. The Bertz CT molecular complexity index is 1040. The van der Waals surface area contributed by atoms with Crippen LogP contribution in [0.25, 0.3) is 0 Å². The second-order valence-electron chi connectivity index (χ2n) is 5.83. The van der Waals surface area contributed by atoms with Gasteiger partial charge in [0, 0.05) is 22.9 Å². The van der Waals surface area contributed by atoms with Gasteiger partial charge in [0.1, 0.15) is 17.3 Å². The lowest BCUT2D eigenvalue weighted by Gasteiger charge is -2.13. The first kappa shape index (κ1) is 19.3. The number of halogens is 4. The summed E-state index contributed by atoms with van der Waals surface area (Å²) in [4.78, 5) is 0. The molecule has 0 aliphatic carbocycles. The average Bonchev–Trinajstić information content (AvgIpc) is 2.63. The van der Waals surface area contributed by atoms with Crippen LogP contribution in [-0.2, 0) is 0 Å². The van der Waals surface area contributed by atoms with E-state index in [1.54, 1.807) is 18.2 Å². The maximum atomic E-state index is 14.0. The molecule has 0 saturated heterocycles. The van der Waals surface area contributed by atoms with E-state index in [-0.39, 0.29) is 10.2 Å². The largest absolute Gasteiger partial charge is 0.410 e. The highest BCUT2D eigenvalue weighted by molar-refractivity contribution is 9.10. The lowest BCUT2D eigenvalue weighted by molar-refractivity contribution is 0.319. The van der Waals surface area contributed by atoms with Gasteiger partial charge in [-0.3, -0.25) is 0 Å². The van der Waals surface area contributed by atoms with Gasteiger partial charge in [-0.15, -0.1) is 0 Å². The first-order valence-electron chi connectivity index (χ1n) is 7.90. The molecule has 0 fully saturated rings. The van der Waals surface area contributed by atoms with Crippen molar-refractivity contribution in [1.82, 2.24) is 0 Å². The van der Waals surface area contributed by atoms with Crippen LogP contribution >= 0.6 is 27.5 Å². The van der Waals surface area contributed by atoms with Crippen LogP contribution in [0.2, 0.25) is 5.02 Å². The van der Waals surface area contributed by atoms with E-state index < -0.39 is 11.6 Å². The van der Waals surface area contributed by atoms with Crippen LogP contribution in [0.1, 0.15) is 16.7 Å². The molecule has 7 heteroatoms. The topological polar surface area (TPSA) is 44.6 Å². The van der Waals surface area contributed by atoms with Gasteiger partial charge in [-0.1, -0.05) is 41.0 Å². The van der Waals surface area contributed by atoms with E-state index in [1.165, 1.54) is 0 Å². The second-order valence-corrected chi connectivity index (χ2v) is 7.09. The molecule has 0 saturated carbocycles. The van der Waals surface area contributed by atoms with Gasteiger partial charge in [0.05, 0.1) is 15.2 Å². The van der Waals surface area contributed by atoms with Gasteiger partial charge in [-0.25, -0.2) is 8.78 Å². The van der Waals surface area contributed by atoms with Crippen molar-refractivity contribution in [3.63, 3.8) is 0 Å². The molecule has 0 bridgehead atoms. The summed E-state index contributed by atoms with van der Waals surface area (Å²) >= 11 is 9.30. The number of anilines is 2. The SMILES string of the molecule is Cc1ccccc1/C(=N/O)c1ccc(Nc2cc(F)c(Br)cc2F)cc1Cl. The average molecular weight is 452 g/mol. The van der Waals surface area contributed by atoms with Crippen molar-refractivity contribution in [2.75, 3.05) is 5.32 Å². The molecule has 0 heterocycles. The van der Waals surface area contributed by atoms with Crippen LogP contribution in [0.5, 0.6) is 0 Å². The molecule has 0 radical (unpaired) electrons. The van der Waals surface area contributed by atoms with Crippen molar-refractivity contribution >= 4 is 44.6 Å². The highest BCUT2D eigenvalue weighted by Crippen LogP contribution is 2.29. The molecule has 3 nitrogen and oxygen atoms in total. The van der Waals surface area contributed by atoms with Gasteiger partial charge in [-0.2, -0.15) is 0 Å². The van der Waals surface area contributed by atoms with Crippen LogP contribution in [0.15, 0.2) is 64.2 Å². The van der Waals surface area contributed by atoms with Crippen LogP contribution in [0.4, 0.5) is 20.2 Å². The molecule has 3 aromatic rings. The maximum Gasteiger partial charge on any atom is 0.147 e. The molecular weight excluding hydrogens is 438 g/mol. The lowest BCUT2D eigenvalue weighted by Crippen LogP contribution is -2.07. The summed E-state index contributed by atoms with van der Waals surface area (Å²) in [6.45, 7) is 1.90. The summed E-state index contributed by atoms with van der Waals surface area (Å²) in [7, 11) is 0. The maximum absolute atomic E-state index is 14.0. The van der Waals surface area contributed by atoms with E-state index in [2.05, 4.69) is 26.4 Å². The summed E-state index contributed by atoms with van der Waals surface area (Å²) in [6, 6.07) is 14.4. The molecule has 0 amide bonds. The molecule has 2 N–H and O–H groups in total. The summed E-state index contributed by atoms with van der Waals surface area (Å²) in [5.41, 5.74) is 2.95. The van der Waals surface area contributed by atoms with E-state index in [0.717, 1.165) is 23.3 Å². The number of hydrogen-bond acceptors (Lipinski definition) is 3. The number of rotatable bonds is 4. The molecule has 3 aromatic carbocycles. The Morgan fingerprint density at radius 3 is 2.44 bits per heavy atom. The minimum Gasteiger partial charge on any atom is -0.410 e. The fourth-order valence-corrected chi connectivity index (χ4v) is 3.24. The molecule has 0 aliphatic heterocycles. The van der Waals surface area contributed by atoms with Gasteiger partial charge >= 0.3 is 0 Å². The standard InChI is InChI=1S/C20H14BrClF2N2O/c1-11-4-2-3-5-13(11)20(26-27)14-7-6-12(8-16(14)22)25-19-10-17(23)15(21)9-18(19)24/h2-10,25,27H,1H3/b26-20-. The molecule has 3 rings (SSSR count). The highest BCUT2D eigenvalue weighted by Gasteiger charge is 2.15. The van der Waals surface area contributed by atoms with Crippen molar-refractivity contribution in [1.29, 1.82) is 0 Å². The smallest absolute Gasteiger partial charge is 0.147 e. The minimum absolute atomic E-state index is 0.0190. The third-order valence-electron chi connectivity index (χ3n) is 4.01. The Hall–Kier alpha value is -2.44. The van der Waals surface area contributed by atoms with Crippen molar-refractivity contribution in [2.45, 2.75) is 6.92 Å². The van der Waals surface area contributed by atoms with E-state index in [1.807, 2.05) is 31.2 Å². The third-order valence-corrected chi connectivity index (χ3v) is 4.93. The summed E-state index contributed by atoms with van der Waals surface area (Å²) in [5.74, 6) is -1.20. The Kier molecular flexibility index (Phi) is 5.77. The third kappa shape index (κ3) is 4.12. The highest BCUT2D eigenvalue weighted by atomic mass is 79.9. The van der Waals surface area contributed by atoms with Gasteiger partial charge in [0.2, 0.25) is 0 Å². The predicted molar refractivity (Wildman–Crippen MR) is 107 cm³/mol. The van der Waals surface area contributed by atoms with Crippen LogP contribution in [0.3, 0.4) is 0 Å². The van der Waals surface area contributed by atoms with Crippen molar-refractivity contribution < 1.29 is 14.0 Å². The van der Waals surface area contributed by atoms with Crippen LogP contribution in [-0.4, -0.2) is 10.9 Å². The molecule has 0 aromatic heterocycles. The molecule has 0 spiro atoms. The second kappa shape index (κ2) is 8.06. The zero-order valence-corrected chi connectivity index (χ0v) is 16.4. The molecule has 0 unspecified atom stereocenters. The monoisotopic (exact) mass is 450 g/mol. The normalized spacial score (nSPS) is 11.5. The van der Waals surface area contributed by atoms with Crippen molar-refractivity contribution in [3.8, 4) is 0 Å². The van der Waals surface area contributed by atoms with Gasteiger partial charge < -0.3 is 10.5 Å². The quantitative estimate of drug-likeness (QED) is 0.202. The first-order valence-corrected chi connectivity index (χ1v) is 9.07. The molecule has 0 atom stereocenters. The zero-order valence-electron chi connectivity index (χ0n) is 14.1. The minimum atomic E-state index is -0.610.